The highest BCUT2D eigenvalue weighted by atomic mass is 35.5. The third kappa shape index (κ3) is 4.05. The molecule has 0 N–H and O–H groups in total. The maximum absolute atomic E-state index is 14.9. The van der Waals surface area contributed by atoms with Crippen LogP contribution in [0.2, 0.25) is 5.02 Å². The average Bonchev–Trinajstić information content (AvgIpc) is 3.54. The molecule has 1 aliphatic heterocycles. The van der Waals surface area contributed by atoms with Gasteiger partial charge in [0, 0.05) is 34.5 Å². The maximum Gasteiger partial charge on any atom is 0.182 e. The van der Waals surface area contributed by atoms with E-state index in [0.717, 1.165) is 17.7 Å². The number of nitrogens with zero attached hydrogens (tertiary/aromatic N) is 6. The summed E-state index contributed by atoms with van der Waals surface area (Å²) in [4.78, 5) is 18.7. The first kappa shape index (κ1) is 21.6. The van der Waals surface area contributed by atoms with E-state index in [-0.39, 0.29) is 18.1 Å². The van der Waals surface area contributed by atoms with Crippen molar-refractivity contribution in [2.45, 2.75) is 63.7 Å². The number of rotatable bonds is 4. The molecular weight excluding hydrogens is 455 g/mol. The summed E-state index contributed by atoms with van der Waals surface area (Å²) in [6, 6.07) is 5.09. The Labute approximate surface area is 201 Å². The summed E-state index contributed by atoms with van der Waals surface area (Å²) in [6.45, 7) is 3.93. The molecule has 9 heteroatoms. The number of halogens is 2. The first-order valence-electron chi connectivity index (χ1n) is 11.6. The van der Waals surface area contributed by atoms with Crippen LogP contribution in [-0.4, -0.2) is 35.8 Å². The Morgan fingerprint density at radius 1 is 1.12 bits per heavy atom. The Kier molecular flexibility index (Phi) is 5.30. The van der Waals surface area contributed by atoms with E-state index in [1.807, 2.05) is 17.8 Å². The first-order valence-corrected chi connectivity index (χ1v) is 12.0. The molecule has 0 unspecified atom stereocenters. The van der Waals surface area contributed by atoms with Gasteiger partial charge in [-0.2, -0.15) is 5.10 Å². The molecule has 4 heterocycles. The molecule has 2 fully saturated rings. The Morgan fingerprint density at radius 3 is 2.76 bits per heavy atom. The van der Waals surface area contributed by atoms with Gasteiger partial charge < -0.3 is 4.74 Å². The number of hydrogen-bond donors (Lipinski definition) is 0. The van der Waals surface area contributed by atoms with E-state index in [2.05, 4.69) is 28.2 Å². The van der Waals surface area contributed by atoms with E-state index in [4.69, 9.17) is 26.3 Å². The van der Waals surface area contributed by atoms with Gasteiger partial charge >= 0.3 is 0 Å². The molecule has 0 bridgehead atoms. The molecule has 1 aliphatic carbocycles. The van der Waals surface area contributed by atoms with Gasteiger partial charge in [-0.15, -0.1) is 0 Å². The van der Waals surface area contributed by atoms with Crippen molar-refractivity contribution in [1.29, 1.82) is 0 Å². The summed E-state index contributed by atoms with van der Waals surface area (Å²) < 4.78 is 23.2. The predicted molar refractivity (Wildman–Crippen MR) is 126 cm³/mol. The van der Waals surface area contributed by atoms with Gasteiger partial charge in [-0.05, 0) is 57.7 Å². The Bertz CT molecular complexity index is 1390. The fourth-order valence-electron chi connectivity index (χ4n) is 4.69. The Morgan fingerprint density at radius 2 is 1.97 bits per heavy atom. The Hall–Kier alpha value is -2.97. The molecule has 174 valence electrons. The van der Waals surface area contributed by atoms with Gasteiger partial charge in [-0.1, -0.05) is 11.6 Å². The molecule has 4 aromatic rings. The normalized spacial score (nSPS) is 22.9. The topological polar surface area (TPSA) is 78.6 Å². The lowest BCUT2D eigenvalue weighted by Crippen LogP contribution is -2.26. The summed E-state index contributed by atoms with van der Waals surface area (Å²) in [5.74, 6) is 0.205. The fraction of sp³-hybridized carbons (Fsp3) is 0.400. The molecule has 2 aliphatic rings. The largest absolute Gasteiger partial charge is 0.370 e. The summed E-state index contributed by atoms with van der Waals surface area (Å²) >= 11 is 5.99. The average molecular weight is 479 g/mol. The van der Waals surface area contributed by atoms with Crippen molar-refractivity contribution in [3.8, 4) is 11.3 Å². The van der Waals surface area contributed by atoms with Crippen LogP contribution in [0, 0.1) is 12.7 Å². The fourth-order valence-corrected chi connectivity index (χ4v) is 4.85. The second kappa shape index (κ2) is 8.36. The van der Waals surface area contributed by atoms with E-state index in [1.54, 1.807) is 18.3 Å². The van der Waals surface area contributed by atoms with Crippen LogP contribution in [0.1, 0.15) is 67.8 Å². The second-order valence-corrected chi connectivity index (χ2v) is 9.76. The summed E-state index contributed by atoms with van der Waals surface area (Å²) in [7, 11) is 0. The van der Waals surface area contributed by atoms with Gasteiger partial charge in [-0.3, -0.25) is 4.68 Å². The van der Waals surface area contributed by atoms with Crippen LogP contribution in [0.15, 0.2) is 36.8 Å². The van der Waals surface area contributed by atoms with Gasteiger partial charge in [0.2, 0.25) is 0 Å². The van der Waals surface area contributed by atoms with Crippen molar-refractivity contribution in [1.82, 2.24) is 29.7 Å². The third-order valence-corrected chi connectivity index (χ3v) is 6.76. The van der Waals surface area contributed by atoms with Crippen molar-refractivity contribution in [3.63, 3.8) is 0 Å². The number of aromatic nitrogens is 6. The summed E-state index contributed by atoms with van der Waals surface area (Å²) in [5, 5.41) is 4.86. The quantitative estimate of drug-likeness (QED) is 0.372. The van der Waals surface area contributed by atoms with Crippen LogP contribution in [0.3, 0.4) is 0 Å². The van der Waals surface area contributed by atoms with Gasteiger partial charge in [0.1, 0.15) is 22.9 Å². The van der Waals surface area contributed by atoms with Crippen LogP contribution in [-0.2, 0) is 4.74 Å². The van der Waals surface area contributed by atoms with E-state index < -0.39 is 5.82 Å². The molecule has 34 heavy (non-hydrogen) atoms. The predicted octanol–water partition coefficient (Wildman–Crippen LogP) is 5.74. The monoisotopic (exact) mass is 478 g/mol. The minimum absolute atomic E-state index is 0.0200. The molecule has 3 aromatic heterocycles. The van der Waals surface area contributed by atoms with E-state index in [0.29, 0.717) is 45.7 Å². The molecular formula is C25H24ClFN6O. The van der Waals surface area contributed by atoms with Gasteiger partial charge in [0.15, 0.2) is 5.65 Å². The number of fused-ring (bicyclic) bond motifs is 1. The van der Waals surface area contributed by atoms with E-state index in [1.165, 1.54) is 18.9 Å². The summed E-state index contributed by atoms with van der Waals surface area (Å²) in [5.41, 5.74) is 3.51. The van der Waals surface area contributed by atoms with Gasteiger partial charge in [0.05, 0.1) is 30.1 Å². The van der Waals surface area contributed by atoms with Crippen molar-refractivity contribution < 1.29 is 9.13 Å². The molecule has 0 radical (unpaired) electrons. The van der Waals surface area contributed by atoms with Crippen LogP contribution in [0.4, 0.5) is 4.39 Å². The van der Waals surface area contributed by atoms with Crippen molar-refractivity contribution in [2.24, 2.45) is 0 Å². The van der Waals surface area contributed by atoms with E-state index in [9.17, 15) is 4.39 Å². The minimum Gasteiger partial charge on any atom is -0.370 e. The molecule has 6 rings (SSSR count). The molecule has 7 nitrogen and oxygen atoms in total. The number of hydrogen-bond acceptors (Lipinski definition) is 6. The zero-order valence-electron chi connectivity index (χ0n) is 18.9. The van der Waals surface area contributed by atoms with Crippen molar-refractivity contribution in [2.75, 3.05) is 0 Å². The van der Waals surface area contributed by atoms with Crippen molar-refractivity contribution >= 4 is 22.8 Å². The third-order valence-electron chi connectivity index (χ3n) is 6.52. The van der Waals surface area contributed by atoms with Crippen LogP contribution in [0.25, 0.3) is 22.4 Å². The van der Waals surface area contributed by atoms with Crippen LogP contribution < -0.4 is 0 Å². The number of ether oxygens (including phenoxy) is 1. The maximum atomic E-state index is 14.9. The second-order valence-electron chi connectivity index (χ2n) is 9.33. The van der Waals surface area contributed by atoms with E-state index >= 15 is 0 Å². The van der Waals surface area contributed by atoms with Gasteiger partial charge in [0.25, 0.3) is 0 Å². The molecule has 1 saturated carbocycles. The zero-order valence-corrected chi connectivity index (χ0v) is 19.7. The lowest BCUT2D eigenvalue weighted by atomic mass is 9.89. The molecule has 0 amide bonds. The highest BCUT2D eigenvalue weighted by molar-refractivity contribution is 6.30. The highest BCUT2D eigenvalue weighted by Gasteiger charge is 2.33. The van der Waals surface area contributed by atoms with Crippen LogP contribution in [0.5, 0.6) is 0 Å². The molecule has 3 atom stereocenters. The van der Waals surface area contributed by atoms with Gasteiger partial charge in [-0.25, -0.2) is 24.3 Å². The van der Waals surface area contributed by atoms with Crippen LogP contribution >= 0.6 is 11.6 Å². The molecule has 1 aromatic carbocycles. The standard InChI is InChI=1S/C25H24ClFN6O/c1-13-10-28-23-22(19-6-3-17(26)9-20(19)27)31-24(32-25(23)30-13)15-7-14(2)34-21(8-15)16-11-29-33(12-16)18-4-5-18/h3,6,9-12,14-15,18,21H,4-5,7-8H2,1-2H3/t14-,15+,21-/m0/s1. The SMILES string of the molecule is Cc1cnc2c(-c3ccc(Cl)cc3F)nc([C@H]3C[C@@H](c4cnn(C5CC5)c4)O[C@@H](C)C3)nc2n1. The molecule has 1 saturated heterocycles. The smallest absolute Gasteiger partial charge is 0.182 e. The minimum atomic E-state index is -0.452. The first-order chi connectivity index (χ1) is 16.4. The zero-order chi connectivity index (χ0) is 23.4. The summed E-state index contributed by atoms with van der Waals surface area (Å²) in [6.07, 6.45) is 9.42. The number of aryl methyl sites for hydroxylation is 1. The Balaban J connectivity index is 1.41. The lowest BCUT2D eigenvalue weighted by molar-refractivity contribution is -0.0511. The molecule has 0 spiro atoms. The van der Waals surface area contributed by atoms with Crippen molar-refractivity contribution in [3.05, 3.63) is 64.7 Å². The highest BCUT2D eigenvalue weighted by Crippen LogP contribution is 2.41. The lowest BCUT2D eigenvalue weighted by Gasteiger charge is -2.33. The number of benzene rings is 1.